The van der Waals surface area contributed by atoms with E-state index in [-0.39, 0.29) is 5.69 Å². The summed E-state index contributed by atoms with van der Waals surface area (Å²) in [5.74, 6) is -0.235. The van der Waals surface area contributed by atoms with Crippen LogP contribution in [0, 0.1) is 12.7 Å². The molecule has 1 heterocycles. The molecule has 0 atom stereocenters. The molecule has 0 aliphatic rings. The zero-order valence-corrected chi connectivity index (χ0v) is 16.8. The second kappa shape index (κ2) is 8.92. The number of anilines is 1. The minimum atomic E-state index is -0.501. The van der Waals surface area contributed by atoms with E-state index in [1.807, 2.05) is 36.6 Å². The molecule has 1 N–H and O–H groups in total. The highest BCUT2D eigenvalue weighted by Crippen LogP contribution is 2.20. The number of amides is 1. The van der Waals surface area contributed by atoms with Gasteiger partial charge in [0.05, 0.1) is 16.4 Å². The van der Waals surface area contributed by atoms with Gasteiger partial charge in [0.25, 0.3) is 0 Å². The molecule has 0 aliphatic carbocycles. The summed E-state index contributed by atoms with van der Waals surface area (Å²) in [6, 6.07) is 11.8. The van der Waals surface area contributed by atoms with Crippen molar-refractivity contribution < 1.29 is 13.9 Å². The Morgan fingerprint density at radius 2 is 2.19 bits per heavy atom. The summed E-state index contributed by atoms with van der Waals surface area (Å²) in [4.78, 5) is 16.4. The molecule has 2 aromatic carbocycles. The molecule has 0 bridgehead atoms. The van der Waals surface area contributed by atoms with Crippen LogP contribution >= 0.6 is 27.3 Å². The van der Waals surface area contributed by atoms with Crippen LogP contribution in [-0.4, -0.2) is 10.9 Å². The highest BCUT2D eigenvalue weighted by molar-refractivity contribution is 9.10. The third-order valence-electron chi connectivity index (χ3n) is 3.53. The van der Waals surface area contributed by atoms with Crippen molar-refractivity contribution in [1.29, 1.82) is 0 Å². The number of nitrogens with one attached hydrogen (secondary N) is 1. The molecule has 0 fully saturated rings. The number of aryl methyl sites for hydroxylation is 1. The maximum atomic E-state index is 13.8. The summed E-state index contributed by atoms with van der Waals surface area (Å²) in [5, 5.41) is 5.47. The number of aromatic nitrogens is 1. The Morgan fingerprint density at radius 3 is 2.93 bits per heavy atom. The van der Waals surface area contributed by atoms with Gasteiger partial charge >= 0.3 is 0 Å². The number of benzene rings is 2. The minimum absolute atomic E-state index is 0.128. The Hall–Kier alpha value is -2.51. The standard InChI is InChI=1S/C20H16BrFN2O2S/c1-13-23-16(12-27-13)11-26-17-4-2-3-14(9-17)5-8-20(25)24-19-7-6-15(21)10-18(19)22/h2-10,12H,11H2,1H3,(H,24,25)/b8-5-. The summed E-state index contributed by atoms with van der Waals surface area (Å²) in [6.45, 7) is 2.34. The highest BCUT2D eigenvalue weighted by atomic mass is 79.9. The van der Waals surface area contributed by atoms with Crippen molar-refractivity contribution in [3.63, 3.8) is 0 Å². The van der Waals surface area contributed by atoms with Gasteiger partial charge in [-0.25, -0.2) is 9.37 Å². The Labute approximate surface area is 168 Å². The van der Waals surface area contributed by atoms with Crippen LogP contribution in [0.25, 0.3) is 6.08 Å². The highest BCUT2D eigenvalue weighted by Gasteiger charge is 2.05. The van der Waals surface area contributed by atoms with Crippen molar-refractivity contribution in [2.24, 2.45) is 0 Å². The lowest BCUT2D eigenvalue weighted by molar-refractivity contribution is -0.111. The van der Waals surface area contributed by atoms with Crippen molar-refractivity contribution in [2.45, 2.75) is 13.5 Å². The zero-order valence-electron chi connectivity index (χ0n) is 14.4. The van der Waals surface area contributed by atoms with Gasteiger partial charge in [-0.2, -0.15) is 0 Å². The predicted octanol–water partition coefficient (Wildman–Crippen LogP) is 5.58. The number of carbonyl (C=O) groups excluding carboxylic acids is 1. The molecular weight excluding hydrogens is 431 g/mol. The summed E-state index contributed by atoms with van der Waals surface area (Å²) < 4.78 is 20.1. The van der Waals surface area contributed by atoms with E-state index in [1.165, 1.54) is 18.2 Å². The first-order chi connectivity index (χ1) is 13.0. The van der Waals surface area contributed by atoms with Gasteiger partial charge in [-0.1, -0.05) is 28.1 Å². The lowest BCUT2D eigenvalue weighted by atomic mass is 10.2. The van der Waals surface area contributed by atoms with Gasteiger partial charge in [0.15, 0.2) is 0 Å². The van der Waals surface area contributed by atoms with Gasteiger partial charge in [0.1, 0.15) is 18.2 Å². The molecule has 1 amide bonds. The smallest absolute Gasteiger partial charge is 0.248 e. The third kappa shape index (κ3) is 5.74. The fourth-order valence-corrected chi connectivity index (χ4v) is 3.21. The van der Waals surface area contributed by atoms with Crippen LogP contribution in [0.1, 0.15) is 16.3 Å². The summed E-state index contributed by atoms with van der Waals surface area (Å²) in [7, 11) is 0. The first-order valence-electron chi connectivity index (χ1n) is 8.07. The average Bonchev–Trinajstić information content (AvgIpc) is 3.06. The fourth-order valence-electron chi connectivity index (χ4n) is 2.28. The zero-order chi connectivity index (χ0) is 19.2. The van der Waals surface area contributed by atoms with E-state index in [1.54, 1.807) is 23.5 Å². The van der Waals surface area contributed by atoms with Crippen molar-refractivity contribution in [2.75, 3.05) is 5.32 Å². The largest absolute Gasteiger partial charge is 0.487 e. The average molecular weight is 447 g/mol. The number of hydrogen-bond acceptors (Lipinski definition) is 4. The summed E-state index contributed by atoms with van der Waals surface area (Å²) >= 11 is 4.76. The quantitative estimate of drug-likeness (QED) is 0.502. The van der Waals surface area contributed by atoms with Crippen LogP contribution in [0.2, 0.25) is 0 Å². The van der Waals surface area contributed by atoms with E-state index in [0.29, 0.717) is 16.8 Å². The molecule has 1 aromatic heterocycles. The molecule has 0 spiro atoms. The molecule has 4 nitrogen and oxygen atoms in total. The van der Waals surface area contributed by atoms with Crippen LogP contribution in [0.15, 0.2) is 58.4 Å². The number of thiazole rings is 1. The Kier molecular flexibility index (Phi) is 6.36. The molecule has 0 unspecified atom stereocenters. The van der Waals surface area contributed by atoms with E-state index in [9.17, 15) is 9.18 Å². The van der Waals surface area contributed by atoms with Gasteiger partial charge in [0.2, 0.25) is 5.91 Å². The molecule has 0 aliphatic heterocycles. The summed E-state index contributed by atoms with van der Waals surface area (Å²) in [5.41, 5.74) is 1.81. The van der Waals surface area contributed by atoms with Crippen LogP contribution < -0.4 is 10.1 Å². The lowest BCUT2D eigenvalue weighted by Gasteiger charge is -2.05. The van der Waals surface area contributed by atoms with E-state index in [0.717, 1.165) is 16.3 Å². The molecule has 3 aromatic rings. The first kappa shape index (κ1) is 19.3. The van der Waals surface area contributed by atoms with Gasteiger partial charge in [-0.3, -0.25) is 4.79 Å². The molecule has 7 heteroatoms. The van der Waals surface area contributed by atoms with E-state index in [2.05, 4.69) is 26.2 Å². The normalized spacial score (nSPS) is 10.9. The second-order valence-electron chi connectivity index (χ2n) is 5.67. The number of rotatable bonds is 6. The lowest BCUT2D eigenvalue weighted by Crippen LogP contribution is -2.09. The Bertz CT molecular complexity index is 988. The van der Waals surface area contributed by atoms with Crippen LogP contribution in [0.4, 0.5) is 10.1 Å². The number of halogens is 2. The number of carbonyl (C=O) groups is 1. The van der Waals surface area contributed by atoms with Gasteiger partial charge in [-0.05, 0) is 48.9 Å². The number of nitrogens with zero attached hydrogens (tertiary/aromatic N) is 1. The molecule has 3 rings (SSSR count). The van der Waals surface area contributed by atoms with E-state index in [4.69, 9.17) is 4.74 Å². The molecule has 0 saturated carbocycles. The predicted molar refractivity (Wildman–Crippen MR) is 109 cm³/mol. The maximum Gasteiger partial charge on any atom is 0.248 e. The third-order valence-corrected chi connectivity index (χ3v) is 4.84. The van der Waals surface area contributed by atoms with Crippen LogP contribution in [0.3, 0.4) is 0 Å². The number of hydrogen-bond donors (Lipinski definition) is 1. The SMILES string of the molecule is Cc1nc(COc2cccc(/C=C\C(=O)Nc3ccc(Br)cc3F)c2)cs1. The van der Waals surface area contributed by atoms with Gasteiger partial charge in [-0.15, -0.1) is 11.3 Å². The Balaban J connectivity index is 1.60. The second-order valence-corrected chi connectivity index (χ2v) is 7.64. The molecular formula is C20H16BrFN2O2S. The van der Waals surface area contributed by atoms with Gasteiger partial charge < -0.3 is 10.1 Å². The monoisotopic (exact) mass is 446 g/mol. The molecule has 0 saturated heterocycles. The van der Waals surface area contributed by atoms with Crippen molar-refractivity contribution in [1.82, 2.24) is 4.98 Å². The fraction of sp³-hybridized carbons (Fsp3) is 0.100. The van der Waals surface area contributed by atoms with E-state index < -0.39 is 11.7 Å². The molecule has 27 heavy (non-hydrogen) atoms. The summed E-state index contributed by atoms with van der Waals surface area (Å²) in [6.07, 6.45) is 3.00. The number of ether oxygens (including phenoxy) is 1. The van der Waals surface area contributed by atoms with Gasteiger partial charge in [0, 0.05) is 15.9 Å². The van der Waals surface area contributed by atoms with Crippen molar-refractivity contribution in [3.05, 3.63) is 80.5 Å². The van der Waals surface area contributed by atoms with Crippen LogP contribution in [-0.2, 0) is 11.4 Å². The first-order valence-corrected chi connectivity index (χ1v) is 9.75. The molecule has 0 radical (unpaired) electrons. The topological polar surface area (TPSA) is 51.2 Å². The minimum Gasteiger partial charge on any atom is -0.487 e. The van der Waals surface area contributed by atoms with Crippen molar-refractivity contribution in [3.8, 4) is 5.75 Å². The van der Waals surface area contributed by atoms with Crippen LogP contribution in [0.5, 0.6) is 5.75 Å². The van der Waals surface area contributed by atoms with E-state index >= 15 is 0 Å². The van der Waals surface area contributed by atoms with Crippen molar-refractivity contribution >= 4 is 44.9 Å². The molecule has 138 valence electrons. The maximum absolute atomic E-state index is 13.8. The Morgan fingerprint density at radius 1 is 1.33 bits per heavy atom.